The quantitative estimate of drug-likeness (QED) is 0.760. The first kappa shape index (κ1) is 9.72. The Labute approximate surface area is 86.3 Å². The van der Waals surface area contributed by atoms with Crippen molar-refractivity contribution < 1.29 is 0 Å². The van der Waals surface area contributed by atoms with Gasteiger partial charge in [-0.1, -0.05) is 38.1 Å². The van der Waals surface area contributed by atoms with Crippen LogP contribution in [0.25, 0.3) is 0 Å². The minimum Gasteiger partial charge on any atom is -0.327 e. The van der Waals surface area contributed by atoms with Crippen molar-refractivity contribution in [3.05, 3.63) is 35.4 Å². The van der Waals surface area contributed by atoms with Gasteiger partial charge in [-0.2, -0.15) is 0 Å². The lowest BCUT2D eigenvalue weighted by atomic mass is 9.67. The second kappa shape index (κ2) is 3.74. The van der Waals surface area contributed by atoms with E-state index >= 15 is 0 Å². The summed E-state index contributed by atoms with van der Waals surface area (Å²) in [6, 6.07) is 9.45. The van der Waals surface area contributed by atoms with Crippen molar-refractivity contribution in [2.75, 3.05) is 0 Å². The highest BCUT2D eigenvalue weighted by atomic mass is 14.7. The minimum absolute atomic E-state index is 0.422. The van der Waals surface area contributed by atoms with Gasteiger partial charge in [0, 0.05) is 6.04 Å². The first-order chi connectivity index (χ1) is 6.72. The number of aryl methyl sites for hydroxylation is 1. The summed E-state index contributed by atoms with van der Waals surface area (Å²) in [6.45, 7) is 4.45. The monoisotopic (exact) mass is 189 g/mol. The van der Waals surface area contributed by atoms with Crippen molar-refractivity contribution >= 4 is 0 Å². The normalized spacial score (nSPS) is 31.2. The van der Waals surface area contributed by atoms with E-state index in [1.165, 1.54) is 11.1 Å². The fourth-order valence-corrected chi connectivity index (χ4v) is 2.27. The number of rotatable bonds is 2. The van der Waals surface area contributed by atoms with Crippen molar-refractivity contribution in [1.29, 1.82) is 0 Å². The number of nitrogens with two attached hydrogens (primary N) is 1. The Kier molecular flexibility index (Phi) is 2.60. The van der Waals surface area contributed by atoms with Crippen LogP contribution in [0.1, 0.15) is 37.3 Å². The van der Waals surface area contributed by atoms with Crippen molar-refractivity contribution in [2.24, 2.45) is 11.7 Å². The van der Waals surface area contributed by atoms with Crippen LogP contribution < -0.4 is 5.73 Å². The van der Waals surface area contributed by atoms with E-state index in [0.717, 1.165) is 12.8 Å². The zero-order chi connectivity index (χ0) is 10.1. The average Bonchev–Trinajstić information content (AvgIpc) is 2.25. The Hall–Kier alpha value is -0.820. The van der Waals surface area contributed by atoms with Gasteiger partial charge in [-0.3, -0.25) is 0 Å². The summed E-state index contributed by atoms with van der Waals surface area (Å²) in [4.78, 5) is 0. The number of benzene rings is 1. The maximum Gasteiger partial charge on any atom is 0.00763 e. The number of hydrogen-bond acceptors (Lipinski definition) is 1. The third-order valence-corrected chi connectivity index (χ3v) is 3.65. The highest BCUT2D eigenvalue weighted by Crippen LogP contribution is 2.41. The van der Waals surface area contributed by atoms with Gasteiger partial charge in [0.15, 0.2) is 0 Å². The minimum atomic E-state index is 0.422. The molecule has 76 valence electrons. The lowest BCUT2D eigenvalue weighted by Gasteiger charge is -2.40. The molecule has 1 heteroatoms. The van der Waals surface area contributed by atoms with E-state index in [9.17, 15) is 0 Å². The molecular weight excluding hydrogens is 170 g/mol. The zero-order valence-corrected chi connectivity index (χ0v) is 9.03. The standard InChI is InChI=1S/C13H19N/c1-3-10-4-6-11(7-5-10)12-8-13(14)9(12)2/h4-7,9,12-13H,3,8,14H2,1-2H3. The molecule has 14 heavy (non-hydrogen) atoms. The lowest BCUT2D eigenvalue weighted by Crippen LogP contribution is -2.44. The third-order valence-electron chi connectivity index (χ3n) is 3.65. The summed E-state index contributed by atoms with van der Waals surface area (Å²) in [5.41, 5.74) is 8.80. The predicted molar refractivity (Wildman–Crippen MR) is 60.3 cm³/mol. The molecule has 2 rings (SSSR count). The van der Waals surface area contributed by atoms with E-state index in [0.29, 0.717) is 17.9 Å². The van der Waals surface area contributed by atoms with Crippen LogP contribution >= 0.6 is 0 Å². The van der Waals surface area contributed by atoms with Gasteiger partial charge in [0.1, 0.15) is 0 Å². The highest BCUT2D eigenvalue weighted by molar-refractivity contribution is 5.28. The summed E-state index contributed by atoms with van der Waals surface area (Å²) in [5.74, 6) is 1.36. The Morgan fingerprint density at radius 3 is 2.36 bits per heavy atom. The molecule has 2 N–H and O–H groups in total. The Morgan fingerprint density at radius 1 is 1.29 bits per heavy atom. The fraction of sp³-hybridized carbons (Fsp3) is 0.538. The SMILES string of the molecule is CCc1ccc(C2CC(N)C2C)cc1. The molecule has 1 aliphatic carbocycles. The molecule has 0 radical (unpaired) electrons. The third kappa shape index (κ3) is 1.57. The van der Waals surface area contributed by atoms with Crippen LogP contribution in [0.15, 0.2) is 24.3 Å². The van der Waals surface area contributed by atoms with Gasteiger partial charge in [-0.05, 0) is 35.8 Å². The smallest absolute Gasteiger partial charge is 0.00763 e. The molecule has 3 atom stereocenters. The Bertz CT molecular complexity index is 302. The molecule has 1 aromatic carbocycles. The van der Waals surface area contributed by atoms with Crippen molar-refractivity contribution in [1.82, 2.24) is 0 Å². The van der Waals surface area contributed by atoms with Gasteiger partial charge >= 0.3 is 0 Å². The Balaban J connectivity index is 2.10. The largest absolute Gasteiger partial charge is 0.327 e. The van der Waals surface area contributed by atoms with Gasteiger partial charge in [0.25, 0.3) is 0 Å². The van der Waals surface area contributed by atoms with Crippen LogP contribution in [-0.4, -0.2) is 6.04 Å². The molecule has 0 amide bonds. The zero-order valence-electron chi connectivity index (χ0n) is 9.03. The van der Waals surface area contributed by atoms with E-state index in [-0.39, 0.29) is 0 Å². The molecule has 0 bridgehead atoms. The predicted octanol–water partition coefficient (Wildman–Crippen LogP) is 2.70. The van der Waals surface area contributed by atoms with Gasteiger partial charge in [-0.15, -0.1) is 0 Å². The molecule has 0 aliphatic heterocycles. The molecule has 1 aliphatic rings. The average molecular weight is 189 g/mol. The van der Waals surface area contributed by atoms with Crippen LogP contribution in [0.2, 0.25) is 0 Å². The molecule has 1 saturated carbocycles. The van der Waals surface area contributed by atoms with Crippen molar-refractivity contribution in [3.63, 3.8) is 0 Å². The molecular formula is C13H19N. The molecule has 3 unspecified atom stereocenters. The molecule has 1 fully saturated rings. The van der Waals surface area contributed by atoms with Crippen molar-refractivity contribution in [2.45, 2.75) is 38.6 Å². The first-order valence-corrected chi connectivity index (χ1v) is 5.56. The van der Waals surface area contributed by atoms with Crippen LogP contribution in [0.4, 0.5) is 0 Å². The van der Waals surface area contributed by atoms with Gasteiger partial charge in [-0.25, -0.2) is 0 Å². The van der Waals surface area contributed by atoms with Crippen LogP contribution in [0.3, 0.4) is 0 Å². The molecule has 1 nitrogen and oxygen atoms in total. The van der Waals surface area contributed by atoms with Crippen LogP contribution in [0.5, 0.6) is 0 Å². The van der Waals surface area contributed by atoms with E-state index < -0.39 is 0 Å². The Morgan fingerprint density at radius 2 is 1.93 bits per heavy atom. The summed E-state index contributed by atoms with van der Waals surface area (Å²) in [5, 5.41) is 0. The second-order valence-corrected chi connectivity index (χ2v) is 4.46. The molecule has 0 spiro atoms. The summed E-state index contributed by atoms with van der Waals surface area (Å²) < 4.78 is 0. The van der Waals surface area contributed by atoms with E-state index in [1.54, 1.807) is 0 Å². The highest BCUT2D eigenvalue weighted by Gasteiger charge is 2.35. The fourth-order valence-electron chi connectivity index (χ4n) is 2.27. The molecule has 0 aromatic heterocycles. The van der Waals surface area contributed by atoms with Gasteiger partial charge in [0.2, 0.25) is 0 Å². The topological polar surface area (TPSA) is 26.0 Å². The maximum absolute atomic E-state index is 5.91. The lowest BCUT2D eigenvalue weighted by molar-refractivity contribution is 0.226. The van der Waals surface area contributed by atoms with E-state index in [2.05, 4.69) is 38.1 Å². The van der Waals surface area contributed by atoms with Gasteiger partial charge < -0.3 is 5.73 Å². The summed E-state index contributed by atoms with van der Waals surface area (Å²) in [6.07, 6.45) is 2.28. The van der Waals surface area contributed by atoms with Gasteiger partial charge in [0.05, 0.1) is 0 Å². The van der Waals surface area contributed by atoms with Crippen LogP contribution in [0, 0.1) is 5.92 Å². The second-order valence-electron chi connectivity index (χ2n) is 4.46. The molecule has 0 saturated heterocycles. The summed E-state index contributed by atoms with van der Waals surface area (Å²) in [7, 11) is 0. The number of hydrogen-bond donors (Lipinski definition) is 1. The summed E-state index contributed by atoms with van der Waals surface area (Å²) >= 11 is 0. The molecule has 1 aromatic rings. The van der Waals surface area contributed by atoms with E-state index in [1.807, 2.05) is 0 Å². The molecule has 0 heterocycles. The van der Waals surface area contributed by atoms with E-state index in [4.69, 9.17) is 5.73 Å². The van der Waals surface area contributed by atoms with Crippen LogP contribution in [-0.2, 0) is 6.42 Å². The van der Waals surface area contributed by atoms with Crippen molar-refractivity contribution in [3.8, 4) is 0 Å². The first-order valence-electron chi connectivity index (χ1n) is 5.56. The maximum atomic E-state index is 5.91.